The number of hydrogen-bond acceptors (Lipinski definition) is 4. The van der Waals surface area contributed by atoms with Gasteiger partial charge in [0.25, 0.3) is 5.91 Å². The van der Waals surface area contributed by atoms with Crippen LogP contribution in [0.2, 0.25) is 0 Å². The fourth-order valence-corrected chi connectivity index (χ4v) is 2.92. The van der Waals surface area contributed by atoms with E-state index in [0.717, 1.165) is 54.6 Å². The smallest absolute Gasteiger partial charge is 0.265 e. The van der Waals surface area contributed by atoms with Gasteiger partial charge < -0.3 is 19.7 Å². The Kier molecular flexibility index (Phi) is 5.78. The molecule has 0 aliphatic carbocycles. The first-order valence-corrected chi connectivity index (χ1v) is 9.01. The van der Waals surface area contributed by atoms with Crippen LogP contribution >= 0.6 is 0 Å². The molecule has 0 bridgehead atoms. The molecule has 1 atom stereocenters. The molecule has 1 unspecified atom stereocenters. The Morgan fingerprint density at radius 3 is 2.50 bits per heavy atom. The standard InChI is InChI=1S/C21H26N2O3/c1-15-5-4-6-20(16(15)2)26-17(3)21(24)22-18-7-9-19(10-8-18)23-11-13-25-14-12-23/h4-10,17H,11-14H2,1-3H3,(H,22,24). The summed E-state index contributed by atoms with van der Waals surface area (Å²) in [5.74, 6) is 0.584. The van der Waals surface area contributed by atoms with Crippen LogP contribution in [0.3, 0.4) is 0 Å². The Balaban J connectivity index is 1.59. The van der Waals surface area contributed by atoms with Crippen LogP contribution in [0.25, 0.3) is 0 Å². The van der Waals surface area contributed by atoms with Gasteiger partial charge in [0.1, 0.15) is 5.75 Å². The van der Waals surface area contributed by atoms with Crippen molar-refractivity contribution < 1.29 is 14.3 Å². The molecule has 0 spiro atoms. The molecular weight excluding hydrogens is 328 g/mol. The molecule has 1 heterocycles. The molecule has 138 valence electrons. The predicted molar refractivity (Wildman–Crippen MR) is 104 cm³/mol. The van der Waals surface area contributed by atoms with Gasteiger partial charge in [-0.15, -0.1) is 0 Å². The Bertz CT molecular complexity index is 752. The maximum atomic E-state index is 12.4. The molecule has 1 amide bonds. The third kappa shape index (κ3) is 4.35. The van der Waals surface area contributed by atoms with E-state index in [2.05, 4.69) is 10.2 Å². The number of aryl methyl sites for hydroxylation is 1. The molecule has 2 aromatic rings. The molecule has 0 radical (unpaired) electrons. The quantitative estimate of drug-likeness (QED) is 0.892. The Morgan fingerprint density at radius 1 is 1.12 bits per heavy atom. The lowest BCUT2D eigenvalue weighted by Crippen LogP contribution is -2.36. The van der Waals surface area contributed by atoms with Gasteiger partial charge in [-0.1, -0.05) is 12.1 Å². The molecule has 0 aromatic heterocycles. The highest BCUT2D eigenvalue weighted by molar-refractivity contribution is 5.94. The lowest BCUT2D eigenvalue weighted by Gasteiger charge is -2.29. The average Bonchev–Trinajstić information content (AvgIpc) is 2.66. The van der Waals surface area contributed by atoms with Gasteiger partial charge in [-0.2, -0.15) is 0 Å². The largest absolute Gasteiger partial charge is 0.481 e. The monoisotopic (exact) mass is 354 g/mol. The highest BCUT2D eigenvalue weighted by Crippen LogP contribution is 2.23. The fourth-order valence-electron chi connectivity index (χ4n) is 2.92. The van der Waals surface area contributed by atoms with E-state index < -0.39 is 6.10 Å². The fraction of sp³-hybridized carbons (Fsp3) is 0.381. The van der Waals surface area contributed by atoms with Gasteiger partial charge >= 0.3 is 0 Å². The number of ether oxygens (including phenoxy) is 2. The zero-order valence-electron chi connectivity index (χ0n) is 15.6. The minimum absolute atomic E-state index is 0.162. The topological polar surface area (TPSA) is 50.8 Å². The van der Waals surface area contributed by atoms with E-state index in [1.54, 1.807) is 6.92 Å². The molecule has 5 nitrogen and oxygen atoms in total. The van der Waals surface area contributed by atoms with E-state index >= 15 is 0 Å². The van der Waals surface area contributed by atoms with Crippen molar-refractivity contribution in [1.29, 1.82) is 0 Å². The summed E-state index contributed by atoms with van der Waals surface area (Å²) in [6.07, 6.45) is -0.575. The number of amides is 1. The van der Waals surface area contributed by atoms with E-state index in [9.17, 15) is 4.79 Å². The molecular formula is C21H26N2O3. The Hall–Kier alpha value is -2.53. The van der Waals surface area contributed by atoms with E-state index in [4.69, 9.17) is 9.47 Å². The van der Waals surface area contributed by atoms with Crippen molar-refractivity contribution in [2.45, 2.75) is 26.9 Å². The molecule has 26 heavy (non-hydrogen) atoms. The van der Waals surface area contributed by atoms with Gasteiger partial charge in [-0.05, 0) is 62.2 Å². The van der Waals surface area contributed by atoms with Gasteiger partial charge in [-0.25, -0.2) is 0 Å². The lowest BCUT2D eigenvalue weighted by atomic mass is 10.1. The summed E-state index contributed by atoms with van der Waals surface area (Å²) in [7, 11) is 0. The number of rotatable bonds is 5. The highest BCUT2D eigenvalue weighted by atomic mass is 16.5. The van der Waals surface area contributed by atoms with E-state index in [0.29, 0.717) is 0 Å². The van der Waals surface area contributed by atoms with Crippen LogP contribution in [-0.4, -0.2) is 38.3 Å². The summed E-state index contributed by atoms with van der Waals surface area (Å²) < 4.78 is 11.2. The van der Waals surface area contributed by atoms with Crippen LogP contribution in [0.15, 0.2) is 42.5 Å². The van der Waals surface area contributed by atoms with Crippen molar-refractivity contribution in [3.8, 4) is 5.75 Å². The van der Waals surface area contributed by atoms with Gasteiger partial charge in [0.2, 0.25) is 0 Å². The maximum Gasteiger partial charge on any atom is 0.265 e. The van der Waals surface area contributed by atoms with Crippen molar-refractivity contribution in [2.75, 3.05) is 36.5 Å². The first-order chi connectivity index (χ1) is 12.5. The summed E-state index contributed by atoms with van der Waals surface area (Å²) in [5.41, 5.74) is 4.12. The zero-order chi connectivity index (χ0) is 18.5. The Morgan fingerprint density at radius 2 is 1.81 bits per heavy atom. The van der Waals surface area contributed by atoms with Crippen LogP contribution in [0.5, 0.6) is 5.75 Å². The predicted octanol–water partition coefficient (Wildman–Crippen LogP) is 3.55. The molecule has 1 N–H and O–H groups in total. The molecule has 0 saturated carbocycles. The number of hydrogen-bond donors (Lipinski definition) is 1. The van der Waals surface area contributed by atoms with Gasteiger partial charge in [0.05, 0.1) is 13.2 Å². The van der Waals surface area contributed by atoms with Crippen molar-refractivity contribution >= 4 is 17.3 Å². The third-order valence-electron chi connectivity index (χ3n) is 4.74. The van der Waals surface area contributed by atoms with Crippen LogP contribution in [0, 0.1) is 13.8 Å². The molecule has 5 heteroatoms. The molecule has 3 rings (SSSR count). The maximum absolute atomic E-state index is 12.4. The van der Waals surface area contributed by atoms with Gasteiger partial charge in [-0.3, -0.25) is 4.79 Å². The summed E-state index contributed by atoms with van der Waals surface area (Å²) >= 11 is 0. The van der Waals surface area contributed by atoms with E-state index in [1.807, 2.05) is 56.3 Å². The van der Waals surface area contributed by atoms with Crippen molar-refractivity contribution in [3.63, 3.8) is 0 Å². The summed E-state index contributed by atoms with van der Waals surface area (Å²) in [4.78, 5) is 14.7. The van der Waals surface area contributed by atoms with Crippen molar-refractivity contribution in [3.05, 3.63) is 53.6 Å². The Labute approximate surface area is 154 Å². The third-order valence-corrected chi connectivity index (χ3v) is 4.74. The molecule has 1 saturated heterocycles. The molecule has 2 aromatic carbocycles. The second-order valence-electron chi connectivity index (χ2n) is 6.59. The number of nitrogens with zero attached hydrogens (tertiary/aromatic N) is 1. The van der Waals surface area contributed by atoms with Gasteiger partial charge in [0.15, 0.2) is 6.10 Å². The van der Waals surface area contributed by atoms with Crippen molar-refractivity contribution in [2.24, 2.45) is 0 Å². The summed E-state index contributed by atoms with van der Waals surface area (Å²) in [6.45, 7) is 9.10. The van der Waals surface area contributed by atoms with Crippen LogP contribution in [0.1, 0.15) is 18.1 Å². The average molecular weight is 354 g/mol. The number of anilines is 2. The second-order valence-corrected chi connectivity index (χ2v) is 6.59. The minimum atomic E-state index is -0.575. The second kappa shape index (κ2) is 8.23. The van der Waals surface area contributed by atoms with Crippen molar-refractivity contribution in [1.82, 2.24) is 0 Å². The number of morpholine rings is 1. The number of carbonyl (C=O) groups excluding carboxylic acids is 1. The summed E-state index contributed by atoms with van der Waals surface area (Å²) in [6, 6.07) is 13.8. The SMILES string of the molecule is Cc1cccc(OC(C)C(=O)Nc2ccc(N3CCOCC3)cc2)c1C. The number of nitrogens with one attached hydrogen (secondary N) is 1. The first-order valence-electron chi connectivity index (χ1n) is 9.01. The molecule has 1 aliphatic heterocycles. The highest BCUT2D eigenvalue weighted by Gasteiger charge is 2.17. The number of carbonyl (C=O) groups is 1. The van der Waals surface area contributed by atoms with Crippen LogP contribution in [-0.2, 0) is 9.53 Å². The molecule has 1 fully saturated rings. The van der Waals surface area contributed by atoms with Crippen LogP contribution in [0.4, 0.5) is 11.4 Å². The normalized spacial score (nSPS) is 15.4. The van der Waals surface area contributed by atoms with Gasteiger partial charge in [0, 0.05) is 24.5 Å². The van der Waals surface area contributed by atoms with Crippen LogP contribution < -0.4 is 15.0 Å². The zero-order valence-corrected chi connectivity index (χ0v) is 15.6. The van der Waals surface area contributed by atoms with E-state index in [-0.39, 0.29) is 5.91 Å². The lowest BCUT2D eigenvalue weighted by molar-refractivity contribution is -0.122. The number of benzene rings is 2. The molecule has 1 aliphatic rings. The first kappa shape index (κ1) is 18.3. The van der Waals surface area contributed by atoms with E-state index in [1.165, 1.54) is 0 Å². The summed E-state index contributed by atoms with van der Waals surface area (Å²) in [5, 5.41) is 2.92. The minimum Gasteiger partial charge on any atom is -0.481 e.